The Morgan fingerprint density at radius 3 is 1.36 bits per heavy atom. The molecule has 3 N–H and O–H groups in total. The molecule has 0 aliphatic heterocycles. The highest BCUT2D eigenvalue weighted by Gasteiger charge is 2.27. The smallest absolute Gasteiger partial charge is 0.462 e. The second-order valence-electron chi connectivity index (χ2n) is 14.7. The average molecular weight is 777 g/mol. The quantitative estimate of drug-likeness (QED) is 0.0237. The van der Waals surface area contributed by atoms with Crippen molar-refractivity contribution >= 4 is 19.8 Å². The van der Waals surface area contributed by atoms with Gasteiger partial charge in [0.1, 0.15) is 12.7 Å². The number of ether oxygens (including phenoxy) is 2. The molecule has 0 rings (SSSR count). The molecule has 0 aliphatic rings. The Labute approximate surface area is 324 Å². The van der Waals surface area contributed by atoms with Crippen LogP contribution in [0, 0.1) is 0 Å². The third-order valence-corrected chi connectivity index (χ3v) is 10.4. The maximum Gasteiger partial charge on any atom is 0.472 e. The molecular formula is C42H81O10P. The molecule has 3 atom stereocenters. The molecule has 0 amide bonds. The van der Waals surface area contributed by atoms with E-state index in [0.29, 0.717) is 12.8 Å². The molecule has 0 saturated heterocycles. The van der Waals surface area contributed by atoms with Crippen LogP contribution in [0.25, 0.3) is 0 Å². The lowest BCUT2D eigenvalue weighted by Gasteiger charge is -2.20. The van der Waals surface area contributed by atoms with Gasteiger partial charge in [0.25, 0.3) is 0 Å². The highest BCUT2D eigenvalue weighted by Crippen LogP contribution is 2.43. The van der Waals surface area contributed by atoms with Gasteiger partial charge < -0.3 is 24.6 Å². The number of unbranched alkanes of at least 4 members (excludes halogenated alkanes) is 25. The highest BCUT2D eigenvalue weighted by atomic mass is 31.2. The van der Waals surface area contributed by atoms with Crippen molar-refractivity contribution < 1.29 is 47.8 Å². The van der Waals surface area contributed by atoms with E-state index in [0.717, 1.165) is 57.8 Å². The first-order chi connectivity index (χ1) is 25.7. The molecule has 0 heterocycles. The van der Waals surface area contributed by atoms with Crippen LogP contribution < -0.4 is 0 Å². The van der Waals surface area contributed by atoms with Crippen molar-refractivity contribution in [3.05, 3.63) is 12.2 Å². The number of phosphoric ester groups is 1. The highest BCUT2D eigenvalue weighted by molar-refractivity contribution is 7.47. The number of aliphatic hydroxyl groups is 2. The number of hydrogen-bond acceptors (Lipinski definition) is 9. The van der Waals surface area contributed by atoms with Gasteiger partial charge in [-0.25, -0.2) is 4.57 Å². The second-order valence-corrected chi connectivity index (χ2v) is 16.2. The number of rotatable bonds is 41. The Hall–Kier alpha value is -1.29. The SMILES string of the molecule is CCCCCCC/C=C\CCCCCCCC(=O)O[C@H](COC(=O)CCCCCCCCCCCCCCCCCC)COP(=O)(O)OC[C@@H](O)CO. The molecular weight excluding hydrogens is 695 g/mol. The fourth-order valence-corrected chi connectivity index (χ4v) is 6.84. The summed E-state index contributed by atoms with van der Waals surface area (Å²) < 4.78 is 32.7. The Balaban J connectivity index is 4.27. The van der Waals surface area contributed by atoms with Gasteiger partial charge in [-0.1, -0.05) is 167 Å². The topological polar surface area (TPSA) is 149 Å². The Kier molecular flexibility index (Phi) is 38.0. The third-order valence-electron chi connectivity index (χ3n) is 9.42. The zero-order chi connectivity index (χ0) is 39.1. The number of allylic oxidation sites excluding steroid dienone is 2. The molecule has 0 saturated carbocycles. The molecule has 0 aliphatic carbocycles. The molecule has 10 nitrogen and oxygen atoms in total. The van der Waals surface area contributed by atoms with Crippen molar-refractivity contribution in [1.29, 1.82) is 0 Å². The predicted octanol–water partition coefficient (Wildman–Crippen LogP) is 11.2. The number of phosphoric acid groups is 1. The van der Waals surface area contributed by atoms with Crippen LogP contribution in [0.5, 0.6) is 0 Å². The summed E-state index contributed by atoms with van der Waals surface area (Å²) >= 11 is 0. The summed E-state index contributed by atoms with van der Waals surface area (Å²) in [6.07, 6.45) is 36.0. The molecule has 0 aromatic rings. The van der Waals surface area contributed by atoms with E-state index in [9.17, 15) is 24.2 Å². The molecule has 0 fully saturated rings. The standard InChI is InChI=1S/C42H81O10P/c1-3-5-7-9-11-13-15-17-19-20-22-23-25-27-29-31-33-41(45)49-37-40(38-51-53(47,48)50-36-39(44)35-43)52-42(46)34-32-30-28-26-24-21-18-16-14-12-10-8-6-4-2/h16,18,39-40,43-44H,3-15,17,19-38H2,1-2H3,(H,47,48)/b18-16-/t39-,40+/m0/s1. The molecule has 11 heteroatoms. The molecule has 0 aromatic carbocycles. The van der Waals surface area contributed by atoms with Gasteiger partial charge in [-0.3, -0.25) is 18.6 Å². The third kappa shape index (κ3) is 38.8. The fourth-order valence-electron chi connectivity index (χ4n) is 6.05. The van der Waals surface area contributed by atoms with Gasteiger partial charge in [0.2, 0.25) is 0 Å². The first kappa shape index (κ1) is 51.7. The summed E-state index contributed by atoms with van der Waals surface area (Å²) in [5.74, 6) is -0.925. The van der Waals surface area contributed by atoms with Crippen molar-refractivity contribution in [3.63, 3.8) is 0 Å². The van der Waals surface area contributed by atoms with Crippen LogP contribution in [0.4, 0.5) is 0 Å². The minimum absolute atomic E-state index is 0.178. The molecule has 53 heavy (non-hydrogen) atoms. The minimum atomic E-state index is -4.61. The predicted molar refractivity (Wildman–Crippen MR) is 215 cm³/mol. The van der Waals surface area contributed by atoms with Gasteiger partial charge >= 0.3 is 19.8 Å². The largest absolute Gasteiger partial charge is 0.472 e. The van der Waals surface area contributed by atoms with Gasteiger partial charge in [0.15, 0.2) is 6.10 Å². The van der Waals surface area contributed by atoms with E-state index in [1.54, 1.807) is 0 Å². The van der Waals surface area contributed by atoms with Crippen LogP contribution in [0.3, 0.4) is 0 Å². The summed E-state index contributed by atoms with van der Waals surface area (Å²) in [6.45, 7) is 2.38. The van der Waals surface area contributed by atoms with Gasteiger partial charge in [-0.15, -0.1) is 0 Å². The van der Waals surface area contributed by atoms with E-state index in [4.69, 9.17) is 19.1 Å². The monoisotopic (exact) mass is 777 g/mol. The van der Waals surface area contributed by atoms with Crippen LogP contribution in [-0.2, 0) is 32.7 Å². The van der Waals surface area contributed by atoms with Crippen LogP contribution in [0.15, 0.2) is 12.2 Å². The Morgan fingerprint density at radius 2 is 0.925 bits per heavy atom. The lowest BCUT2D eigenvalue weighted by Crippen LogP contribution is -2.29. The average Bonchev–Trinajstić information content (AvgIpc) is 3.14. The van der Waals surface area contributed by atoms with Crippen molar-refractivity contribution in [2.45, 2.75) is 219 Å². The summed E-state index contributed by atoms with van der Waals surface area (Å²) in [5.41, 5.74) is 0. The van der Waals surface area contributed by atoms with Crippen molar-refractivity contribution in [2.24, 2.45) is 0 Å². The van der Waals surface area contributed by atoms with E-state index in [2.05, 4.69) is 30.5 Å². The van der Waals surface area contributed by atoms with E-state index in [-0.39, 0.29) is 19.4 Å². The van der Waals surface area contributed by atoms with Crippen molar-refractivity contribution in [2.75, 3.05) is 26.4 Å². The molecule has 1 unspecified atom stereocenters. The van der Waals surface area contributed by atoms with Crippen LogP contribution in [0.1, 0.15) is 206 Å². The number of aliphatic hydroxyl groups excluding tert-OH is 2. The lowest BCUT2D eigenvalue weighted by molar-refractivity contribution is -0.161. The first-order valence-corrected chi connectivity index (χ1v) is 23.1. The van der Waals surface area contributed by atoms with E-state index in [1.165, 1.54) is 109 Å². The van der Waals surface area contributed by atoms with Gasteiger partial charge in [0, 0.05) is 12.8 Å². The van der Waals surface area contributed by atoms with Crippen LogP contribution in [0.2, 0.25) is 0 Å². The van der Waals surface area contributed by atoms with E-state index < -0.39 is 51.8 Å². The van der Waals surface area contributed by atoms with Gasteiger partial charge in [-0.2, -0.15) is 0 Å². The zero-order valence-corrected chi connectivity index (χ0v) is 34.9. The molecule has 0 aromatic heterocycles. The molecule has 0 radical (unpaired) electrons. The normalized spacial score (nSPS) is 14.0. The second kappa shape index (κ2) is 39.0. The zero-order valence-electron chi connectivity index (χ0n) is 34.0. The van der Waals surface area contributed by atoms with Crippen LogP contribution >= 0.6 is 7.82 Å². The maximum absolute atomic E-state index is 12.6. The summed E-state index contributed by atoms with van der Waals surface area (Å²) in [7, 11) is -4.61. The number of carbonyl (C=O) groups is 2. The molecule has 0 spiro atoms. The van der Waals surface area contributed by atoms with Gasteiger partial charge in [0.05, 0.1) is 19.8 Å². The number of carbonyl (C=O) groups excluding carboxylic acids is 2. The minimum Gasteiger partial charge on any atom is -0.462 e. The maximum atomic E-state index is 12.6. The Bertz CT molecular complexity index is 899. The molecule has 0 bridgehead atoms. The fraction of sp³-hybridized carbons (Fsp3) is 0.905. The van der Waals surface area contributed by atoms with Gasteiger partial charge in [-0.05, 0) is 38.5 Å². The summed E-state index contributed by atoms with van der Waals surface area (Å²) in [6, 6.07) is 0. The van der Waals surface area contributed by atoms with Crippen molar-refractivity contribution in [3.8, 4) is 0 Å². The Morgan fingerprint density at radius 1 is 0.547 bits per heavy atom. The number of hydrogen-bond donors (Lipinski definition) is 3. The first-order valence-electron chi connectivity index (χ1n) is 21.6. The summed E-state index contributed by atoms with van der Waals surface area (Å²) in [4.78, 5) is 34.9. The molecule has 314 valence electrons. The summed E-state index contributed by atoms with van der Waals surface area (Å²) in [5, 5.41) is 18.3. The van der Waals surface area contributed by atoms with Crippen LogP contribution in [-0.4, -0.2) is 65.7 Å². The lowest BCUT2D eigenvalue weighted by atomic mass is 10.0. The van der Waals surface area contributed by atoms with Crippen molar-refractivity contribution in [1.82, 2.24) is 0 Å². The van der Waals surface area contributed by atoms with E-state index >= 15 is 0 Å². The number of esters is 2. The van der Waals surface area contributed by atoms with E-state index in [1.807, 2.05) is 0 Å².